The second-order valence-corrected chi connectivity index (χ2v) is 4.89. The van der Waals surface area contributed by atoms with Crippen molar-refractivity contribution < 1.29 is 13.6 Å². The van der Waals surface area contributed by atoms with Crippen molar-refractivity contribution in [2.45, 2.75) is 0 Å². The molecule has 0 saturated carbocycles. The average Bonchev–Trinajstić information content (AvgIpc) is 2.54. The third kappa shape index (κ3) is 2.68. The van der Waals surface area contributed by atoms with Gasteiger partial charge in [-0.25, -0.2) is 13.8 Å². The Kier molecular flexibility index (Phi) is 3.61. The highest BCUT2D eigenvalue weighted by molar-refractivity contribution is 6.03. The maximum Gasteiger partial charge on any atom is 0.282 e. The minimum atomic E-state index is -0.902. The van der Waals surface area contributed by atoms with Crippen molar-refractivity contribution >= 4 is 22.6 Å². The molecule has 1 amide bonds. The van der Waals surface area contributed by atoms with Gasteiger partial charge in [0.05, 0.1) is 16.7 Å². The van der Waals surface area contributed by atoms with E-state index in [0.717, 1.165) is 18.2 Å². The van der Waals surface area contributed by atoms with E-state index in [4.69, 9.17) is 0 Å². The Hall–Kier alpha value is -3.09. The van der Waals surface area contributed by atoms with Gasteiger partial charge in [0, 0.05) is 13.1 Å². The van der Waals surface area contributed by atoms with Crippen molar-refractivity contribution in [2.75, 3.05) is 5.32 Å². The summed E-state index contributed by atoms with van der Waals surface area (Å²) < 4.78 is 28.0. The molecule has 1 heterocycles. The van der Waals surface area contributed by atoms with Crippen LogP contribution in [0, 0.1) is 11.6 Å². The number of carbonyl (C=O) groups is 1. The summed E-state index contributed by atoms with van der Waals surface area (Å²) >= 11 is 0. The largest absolute Gasteiger partial charge is 0.318 e. The van der Waals surface area contributed by atoms with Gasteiger partial charge < -0.3 is 9.88 Å². The summed E-state index contributed by atoms with van der Waals surface area (Å²) in [5, 5.41) is 2.17. The number of halogens is 2. The molecule has 116 valence electrons. The number of aryl methyl sites for hydroxylation is 1. The standard InChI is InChI=1S/C16H11F2N3O2/c1-21-13-5-3-2-4-11(13)19-14(16(21)23)15(22)20-12-8-9(17)6-7-10(12)18/h2-8H,1H3,(H,20,22). The molecule has 0 aliphatic carbocycles. The van der Waals surface area contributed by atoms with Crippen LogP contribution in [0.3, 0.4) is 0 Å². The van der Waals surface area contributed by atoms with Gasteiger partial charge in [0.25, 0.3) is 11.5 Å². The topological polar surface area (TPSA) is 64.0 Å². The number of aromatic nitrogens is 2. The quantitative estimate of drug-likeness (QED) is 0.790. The third-order valence-electron chi connectivity index (χ3n) is 3.37. The predicted octanol–water partition coefficient (Wildman–Crippen LogP) is 2.46. The Morgan fingerprint density at radius 3 is 2.70 bits per heavy atom. The normalized spacial score (nSPS) is 10.7. The predicted molar refractivity (Wildman–Crippen MR) is 81.3 cm³/mol. The molecule has 0 fully saturated rings. The second-order valence-electron chi connectivity index (χ2n) is 4.89. The van der Waals surface area contributed by atoms with E-state index in [1.165, 1.54) is 11.6 Å². The lowest BCUT2D eigenvalue weighted by atomic mass is 10.2. The minimum absolute atomic E-state index is 0.355. The van der Waals surface area contributed by atoms with Gasteiger partial charge in [0.15, 0.2) is 5.69 Å². The van der Waals surface area contributed by atoms with E-state index in [2.05, 4.69) is 10.3 Å². The molecule has 0 spiro atoms. The first-order valence-corrected chi connectivity index (χ1v) is 6.69. The van der Waals surface area contributed by atoms with Gasteiger partial charge in [-0.05, 0) is 24.3 Å². The molecule has 23 heavy (non-hydrogen) atoms. The molecule has 1 N–H and O–H groups in total. The number of amides is 1. The smallest absolute Gasteiger partial charge is 0.282 e. The number of carbonyl (C=O) groups excluding carboxylic acids is 1. The molecule has 1 aromatic heterocycles. The zero-order valence-electron chi connectivity index (χ0n) is 12.0. The molecule has 0 aliphatic heterocycles. The lowest BCUT2D eigenvalue weighted by Gasteiger charge is -2.09. The van der Waals surface area contributed by atoms with Gasteiger partial charge in [0.1, 0.15) is 11.6 Å². The zero-order valence-corrected chi connectivity index (χ0v) is 12.0. The molecule has 0 unspecified atom stereocenters. The van der Waals surface area contributed by atoms with Crippen LogP contribution in [0.4, 0.5) is 14.5 Å². The number of rotatable bonds is 2. The molecule has 7 heteroatoms. The van der Waals surface area contributed by atoms with Crippen molar-refractivity contribution in [3.63, 3.8) is 0 Å². The van der Waals surface area contributed by atoms with E-state index in [1.807, 2.05) is 0 Å². The van der Waals surface area contributed by atoms with Crippen LogP contribution in [-0.2, 0) is 7.05 Å². The lowest BCUT2D eigenvalue weighted by molar-refractivity contribution is 0.102. The van der Waals surface area contributed by atoms with Gasteiger partial charge in [-0.1, -0.05) is 12.1 Å². The molecule has 5 nitrogen and oxygen atoms in total. The number of hydrogen-bond acceptors (Lipinski definition) is 3. The second kappa shape index (κ2) is 5.60. The van der Waals surface area contributed by atoms with Crippen LogP contribution in [0.1, 0.15) is 10.5 Å². The Bertz CT molecular complexity index is 983. The van der Waals surface area contributed by atoms with E-state index in [1.54, 1.807) is 24.3 Å². The molecule has 0 bridgehead atoms. The van der Waals surface area contributed by atoms with E-state index >= 15 is 0 Å². The van der Waals surface area contributed by atoms with Gasteiger partial charge >= 0.3 is 0 Å². The van der Waals surface area contributed by atoms with Crippen LogP contribution in [0.25, 0.3) is 11.0 Å². The summed E-state index contributed by atoms with van der Waals surface area (Å²) in [5.74, 6) is -2.42. The molecule has 0 saturated heterocycles. The Morgan fingerprint density at radius 2 is 1.91 bits per heavy atom. The molecule has 0 atom stereocenters. The van der Waals surface area contributed by atoms with Gasteiger partial charge in [-0.3, -0.25) is 9.59 Å². The van der Waals surface area contributed by atoms with Gasteiger partial charge in [0.2, 0.25) is 0 Å². The lowest BCUT2D eigenvalue weighted by Crippen LogP contribution is -2.30. The fraction of sp³-hybridized carbons (Fsp3) is 0.0625. The van der Waals surface area contributed by atoms with Crippen molar-refractivity contribution in [1.82, 2.24) is 9.55 Å². The third-order valence-corrected chi connectivity index (χ3v) is 3.37. The van der Waals surface area contributed by atoms with Gasteiger partial charge in [-0.15, -0.1) is 0 Å². The van der Waals surface area contributed by atoms with Crippen LogP contribution >= 0.6 is 0 Å². The number of para-hydroxylation sites is 2. The minimum Gasteiger partial charge on any atom is -0.318 e. The number of anilines is 1. The Balaban J connectivity index is 2.06. The molecule has 3 aromatic rings. The van der Waals surface area contributed by atoms with Gasteiger partial charge in [-0.2, -0.15) is 0 Å². The fourth-order valence-electron chi connectivity index (χ4n) is 2.20. The van der Waals surface area contributed by atoms with E-state index in [0.29, 0.717) is 11.0 Å². The first-order chi connectivity index (χ1) is 11.0. The molecular weight excluding hydrogens is 304 g/mol. The van der Waals surface area contributed by atoms with Crippen molar-refractivity contribution in [1.29, 1.82) is 0 Å². The van der Waals surface area contributed by atoms with Crippen molar-refractivity contribution in [3.8, 4) is 0 Å². The summed E-state index contributed by atoms with van der Waals surface area (Å²) in [6.07, 6.45) is 0. The van der Waals surface area contributed by atoms with Crippen LogP contribution in [-0.4, -0.2) is 15.5 Å². The Labute approximate surface area is 129 Å². The molecule has 0 aliphatic rings. The number of hydrogen-bond donors (Lipinski definition) is 1. The summed E-state index contributed by atoms with van der Waals surface area (Å²) in [7, 11) is 1.51. The zero-order chi connectivity index (χ0) is 16.6. The van der Waals surface area contributed by atoms with Crippen LogP contribution in [0.2, 0.25) is 0 Å². The average molecular weight is 315 g/mol. The summed E-state index contributed by atoms with van der Waals surface area (Å²) in [4.78, 5) is 28.5. The SMILES string of the molecule is Cn1c(=O)c(C(=O)Nc2cc(F)ccc2F)nc2ccccc21. The molecule has 0 radical (unpaired) electrons. The van der Waals surface area contributed by atoms with Crippen molar-refractivity contribution in [2.24, 2.45) is 7.05 Å². The Morgan fingerprint density at radius 1 is 1.17 bits per heavy atom. The number of fused-ring (bicyclic) bond motifs is 1. The van der Waals surface area contributed by atoms with Crippen LogP contribution in [0.5, 0.6) is 0 Å². The summed E-state index contributed by atoms with van der Waals surface area (Å²) in [6, 6.07) is 9.44. The molecular formula is C16H11F2N3O2. The fourth-order valence-corrected chi connectivity index (χ4v) is 2.20. The summed E-state index contributed by atoms with van der Waals surface area (Å²) in [6.45, 7) is 0. The monoisotopic (exact) mass is 315 g/mol. The highest BCUT2D eigenvalue weighted by atomic mass is 19.1. The highest BCUT2D eigenvalue weighted by Crippen LogP contribution is 2.16. The number of benzene rings is 2. The number of nitrogens with one attached hydrogen (secondary N) is 1. The van der Waals surface area contributed by atoms with Crippen LogP contribution < -0.4 is 10.9 Å². The first-order valence-electron chi connectivity index (χ1n) is 6.69. The van der Waals surface area contributed by atoms with E-state index < -0.39 is 28.8 Å². The number of nitrogens with zero attached hydrogens (tertiary/aromatic N) is 2. The maximum atomic E-state index is 13.6. The van der Waals surface area contributed by atoms with Crippen molar-refractivity contribution in [3.05, 3.63) is 70.1 Å². The van der Waals surface area contributed by atoms with E-state index in [9.17, 15) is 18.4 Å². The summed E-state index contributed by atoms with van der Waals surface area (Å²) in [5.41, 5.74) is -0.370. The molecule has 2 aromatic carbocycles. The molecule has 3 rings (SSSR count). The van der Waals surface area contributed by atoms with E-state index in [-0.39, 0.29) is 5.69 Å². The van der Waals surface area contributed by atoms with Crippen LogP contribution in [0.15, 0.2) is 47.3 Å². The first kappa shape index (κ1) is 14.8. The maximum absolute atomic E-state index is 13.6. The highest BCUT2D eigenvalue weighted by Gasteiger charge is 2.17.